The van der Waals surface area contributed by atoms with E-state index < -0.39 is 0 Å². The van der Waals surface area contributed by atoms with Gasteiger partial charge in [0.05, 0.1) is 13.2 Å². The zero-order chi connectivity index (χ0) is 12.3. The number of unbranched alkanes of at least 4 members (excludes halogenated alkanes) is 2. The highest BCUT2D eigenvalue weighted by Gasteiger charge is 1.94. The molecule has 0 saturated carbocycles. The van der Waals surface area contributed by atoms with E-state index in [0.29, 0.717) is 6.54 Å². The lowest BCUT2D eigenvalue weighted by Gasteiger charge is -2.06. The Morgan fingerprint density at radius 3 is 2.53 bits per heavy atom. The van der Waals surface area contributed by atoms with Crippen LogP contribution in [0, 0.1) is 0 Å². The van der Waals surface area contributed by atoms with Crippen molar-refractivity contribution in [1.29, 1.82) is 0 Å². The van der Waals surface area contributed by atoms with Crippen molar-refractivity contribution < 1.29 is 9.84 Å². The summed E-state index contributed by atoms with van der Waals surface area (Å²) in [7, 11) is 0. The highest BCUT2D eigenvalue weighted by atomic mass is 79.9. The monoisotopic (exact) mass is 301 g/mol. The highest BCUT2D eigenvalue weighted by Crippen LogP contribution is 2.16. The van der Waals surface area contributed by atoms with Gasteiger partial charge in [-0.1, -0.05) is 15.9 Å². The van der Waals surface area contributed by atoms with Crippen LogP contribution in [0.15, 0.2) is 28.7 Å². The zero-order valence-corrected chi connectivity index (χ0v) is 11.6. The average Bonchev–Trinajstić information content (AvgIpc) is 2.35. The molecule has 3 nitrogen and oxygen atoms in total. The second-order valence-corrected chi connectivity index (χ2v) is 4.75. The fourth-order valence-electron chi connectivity index (χ4n) is 1.45. The molecule has 0 heterocycles. The molecule has 0 unspecified atom stereocenters. The molecule has 0 spiro atoms. The van der Waals surface area contributed by atoms with Crippen molar-refractivity contribution in [2.24, 2.45) is 0 Å². The van der Waals surface area contributed by atoms with Gasteiger partial charge in [-0.25, -0.2) is 0 Å². The Labute approximate surface area is 111 Å². The van der Waals surface area contributed by atoms with Gasteiger partial charge in [-0.15, -0.1) is 0 Å². The fourth-order valence-corrected chi connectivity index (χ4v) is 1.72. The van der Waals surface area contributed by atoms with Crippen molar-refractivity contribution in [1.82, 2.24) is 5.32 Å². The summed E-state index contributed by atoms with van der Waals surface area (Å²) in [4.78, 5) is 0. The van der Waals surface area contributed by atoms with E-state index in [4.69, 9.17) is 9.84 Å². The minimum atomic E-state index is 0.215. The number of rotatable bonds is 9. The number of hydrogen-bond acceptors (Lipinski definition) is 3. The molecule has 0 atom stereocenters. The predicted molar refractivity (Wildman–Crippen MR) is 73.4 cm³/mol. The summed E-state index contributed by atoms with van der Waals surface area (Å²) < 4.78 is 6.68. The van der Waals surface area contributed by atoms with Crippen molar-refractivity contribution in [2.75, 3.05) is 26.3 Å². The van der Waals surface area contributed by atoms with Crippen LogP contribution in [-0.2, 0) is 0 Å². The standard InChI is InChI=1S/C13H20BrNO2/c14-12-4-6-13(7-5-12)17-11-3-1-2-8-15-9-10-16/h4-7,15-16H,1-3,8-11H2. The highest BCUT2D eigenvalue weighted by molar-refractivity contribution is 9.10. The van der Waals surface area contributed by atoms with Gasteiger partial charge in [-0.2, -0.15) is 0 Å². The average molecular weight is 302 g/mol. The maximum Gasteiger partial charge on any atom is 0.119 e. The number of nitrogens with one attached hydrogen (secondary N) is 1. The van der Waals surface area contributed by atoms with Gasteiger partial charge < -0.3 is 15.2 Å². The first-order valence-electron chi connectivity index (χ1n) is 6.03. The number of aliphatic hydroxyl groups excluding tert-OH is 1. The van der Waals surface area contributed by atoms with Crippen molar-refractivity contribution >= 4 is 15.9 Å². The molecule has 0 bridgehead atoms. The van der Waals surface area contributed by atoms with E-state index in [0.717, 1.165) is 42.6 Å². The van der Waals surface area contributed by atoms with Gasteiger partial charge in [-0.3, -0.25) is 0 Å². The molecule has 2 N–H and O–H groups in total. The van der Waals surface area contributed by atoms with E-state index in [1.165, 1.54) is 0 Å². The van der Waals surface area contributed by atoms with Gasteiger partial charge in [0, 0.05) is 11.0 Å². The van der Waals surface area contributed by atoms with E-state index in [9.17, 15) is 0 Å². The quantitative estimate of drug-likeness (QED) is 0.689. The third-order valence-electron chi connectivity index (χ3n) is 2.37. The number of halogens is 1. The molecular weight excluding hydrogens is 282 g/mol. The van der Waals surface area contributed by atoms with Gasteiger partial charge in [0.2, 0.25) is 0 Å². The van der Waals surface area contributed by atoms with Crippen LogP contribution in [0.2, 0.25) is 0 Å². The van der Waals surface area contributed by atoms with Crippen molar-refractivity contribution in [3.63, 3.8) is 0 Å². The Bertz CT molecular complexity index is 290. The van der Waals surface area contributed by atoms with Gasteiger partial charge in [0.25, 0.3) is 0 Å². The SMILES string of the molecule is OCCNCCCCCOc1ccc(Br)cc1. The summed E-state index contributed by atoms with van der Waals surface area (Å²) in [5.41, 5.74) is 0. The second-order valence-electron chi connectivity index (χ2n) is 3.84. The van der Waals surface area contributed by atoms with Crippen LogP contribution in [0.4, 0.5) is 0 Å². The van der Waals surface area contributed by atoms with Gasteiger partial charge in [-0.05, 0) is 50.1 Å². The zero-order valence-electron chi connectivity index (χ0n) is 9.99. The Hall–Kier alpha value is -0.580. The molecular formula is C13H20BrNO2. The molecule has 17 heavy (non-hydrogen) atoms. The number of aliphatic hydroxyl groups is 1. The van der Waals surface area contributed by atoms with Crippen LogP contribution in [-0.4, -0.2) is 31.4 Å². The normalized spacial score (nSPS) is 10.5. The molecule has 1 aromatic rings. The van der Waals surface area contributed by atoms with Crippen molar-refractivity contribution in [3.8, 4) is 5.75 Å². The molecule has 0 saturated heterocycles. The molecule has 0 aliphatic carbocycles. The Kier molecular flexibility index (Phi) is 8.05. The van der Waals surface area contributed by atoms with Crippen LogP contribution in [0.5, 0.6) is 5.75 Å². The van der Waals surface area contributed by atoms with Crippen LogP contribution >= 0.6 is 15.9 Å². The largest absolute Gasteiger partial charge is 0.494 e. The van der Waals surface area contributed by atoms with E-state index in [-0.39, 0.29) is 6.61 Å². The van der Waals surface area contributed by atoms with E-state index >= 15 is 0 Å². The van der Waals surface area contributed by atoms with Gasteiger partial charge in [0.15, 0.2) is 0 Å². The van der Waals surface area contributed by atoms with E-state index in [1.54, 1.807) is 0 Å². The Balaban J connectivity index is 1.95. The van der Waals surface area contributed by atoms with Crippen molar-refractivity contribution in [2.45, 2.75) is 19.3 Å². The van der Waals surface area contributed by atoms with E-state index in [2.05, 4.69) is 21.2 Å². The molecule has 0 aromatic heterocycles. The maximum atomic E-state index is 8.57. The van der Waals surface area contributed by atoms with Crippen LogP contribution in [0.1, 0.15) is 19.3 Å². The van der Waals surface area contributed by atoms with Crippen LogP contribution in [0.25, 0.3) is 0 Å². The van der Waals surface area contributed by atoms with Crippen molar-refractivity contribution in [3.05, 3.63) is 28.7 Å². The summed E-state index contributed by atoms with van der Waals surface area (Å²) in [6.07, 6.45) is 3.34. The lowest BCUT2D eigenvalue weighted by Crippen LogP contribution is -2.19. The topological polar surface area (TPSA) is 41.5 Å². The molecule has 4 heteroatoms. The first kappa shape index (κ1) is 14.5. The van der Waals surface area contributed by atoms with Crippen LogP contribution in [0.3, 0.4) is 0 Å². The predicted octanol–water partition coefficient (Wildman–Crippen LogP) is 2.58. The molecule has 0 aliphatic heterocycles. The first-order chi connectivity index (χ1) is 8.33. The number of hydrogen-bond donors (Lipinski definition) is 2. The Morgan fingerprint density at radius 2 is 1.82 bits per heavy atom. The third-order valence-corrected chi connectivity index (χ3v) is 2.90. The van der Waals surface area contributed by atoms with E-state index in [1.807, 2.05) is 24.3 Å². The molecule has 0 radical (unpaired) electrons. The molecule has 96 valence electrons. The molecule has 0 amide bonds. The lowest BCUT2D eigenvalue weighted by molar-refractivity contribution is 0.289. The van der Waals surface area contributed by atoms with Crippen LogP contribution < -0.4 is 10.1 Å². The number of ether oxygens (including phenoxy) is 1. The smallest absolute Gasteiger partial charge is 0.119 e. The summed E-state index contributed by atoms with van der Waals surface area (Å²) >= 11 is 3.39. The number of benzene rings is 1. The van der Waals surface area contributed by atoms with Gasteiger partial charge >= 0.3 is 0 Å². The van der Waals surface area contributed by atoms with Gasteiger partial charge in [0.1, 0.15) is 5.75 Å². The minimum absolute atomic E-state index is 0.215. The fraction of sp³-hybridized carbons (Fsp3) is 0.538. The lowest BCUT2D eigenvalue weighted by atomic mass is 10.2. The Morgan fingerprint density at radius 1 is 1.06 bits per heavy atom. The molecule has 1 aromatic carbocycles. The molecule has 1 rings (SSSR count). The third kappa shape index (κ3) is 7.36. The second kappa shape index (κ2) is 9.45. The molecule has 0 fully saturated rings. The minimum Gasteiger partial charge on any atom is -0.494 e. The summed E-state index contributed by atoms with van der Waals surface area (Å²) in [6, 6.07) is 7.89. The molecule has 0 aliphatic rings. The summed E-state index contributed by atoms with van der Waals surface area (Å²) in [6.45, 7) is 2.64. The summed E-state index contributed by atoms with van der Waals surface area (Å²) in [5, 5.41) is 11.7. The maximum absolute atomic E-state index is 8.57. The summed E-state index contributed by atoms with van der Waals surface area (Å²) in [5.74, 6) is 0.923. The first-order valence-corrected chi connectivity index (χ1v) is 6.82.